The van der Waals surface area contributed by atoms with Crippen LogP contribution in [-0.2, 0) is 0 Å². The molecule has 33 heavy (non-hydrogen) atoms. The van der Waals surface area contributed by atoms with Gasteiger partial charge in [0.2, 0.25) is 0 Å². The van der Waals surface area contributed by atoms with E-state index in [1.54, 1.807) is 55.5 Å². The van der Waals surface area contributed by atoms with E-state index >= 15 is 0 Å². The highest BCUT2D eigenvalue weighted by atomic mass is 79.9. The van der Waals surface area contributed by atoms with Gasteiger partial charge in [-0.3, -0.25) is 4.79 Å². The zero-order chi connectivity index (χ0) is 23.9. The number of fused-ring (bicyclic) bond motifs is 1. The topological polar surface area (TPSA) is 79.2 Å². The van der Waals surface area contributed by atoms with E-state index in [1.165, 1.54) is 0 Å². The van der Waals surface area contributed by atoms with Crippen LogP contribution in [0.3, 0.4) is 0 Å². The molecule has 3 N–H and O–H groups in total. The summed E-state index contributed by atoms with van der Waals surface area (Å²) in [5.74, 6) is -0.803. The lowest BCUT2D eigenvalue weighted by molar-refractivity contribution is -0.173. The molecule has 1 aliphatic heterocycles. The molecule has 4 rings (SSSR count). The molecule has 0 fully saturated rings. The average molecular weight is 544 g/mol. The molecule has 2 aromatic carbocycles. The van der Waals surface area contributed by atoms with E-state index in [0.29, 0.717) is 16.8 Å². The highest BCUT2D eigenvalue weighted by molar-refractivity contribution is 9.10. The second-order valence-electron chi connectivity index (χ2n) is 7.75. The van der Waals surface area contributed by atoms with Crippen molar-refractivity contribution in [1.82, 2.24) is 9.78 Å². The van der Waals surface area contributed by atoms with E-state index in [0.717, 1.165) is 9.15 Å². The molecule has 1 aromatic heterocycles. The van der Waals surface area contributed by atoms with Crippen molar-refractivity contribution < 1.29 is 23.1 Å². The Bertz CT molecular complexity index is 1160. The molecule has 174 valence electrons. The highest BCUT2D eigenvalue weighted by Crippen LogP contribution is 2.46. The van der Waals surface area contributed by atoms with Crippen LogP contribution in [0.5, 0.6) is 0 Å². The summed E-state index contributed by atoms with van der Waals surface area (Å²) in [4.78, 5) is 12.8. The van der Waals surface area contributed by atoms with Crippen LogP contribution in [0.2, 0.25) is 5.02 Å². The average Bonchev–Trinajstić information content (AvgIpc) is 3.10. The molecule has 6 nitrogen and oxygen atoms in total. The highest BCUT2D eigenvalue weighted by Gasteiger charge is 2.47. The molecule has 11 heteroatoms. The van der Waals surface area contributed by atoms with Crippen LogP contribution in [0.15, 0.2) is 53.0 Å². The summed E-state index contributed by atoms with van der Waals surface area (Å²) in [7, 11) is 0. The first kappa shape index (κ1) is 23.6. The summed E-state index contributed by atoms with van der Waals surface area (Å²) < 4.78 is 43.3. The van der Waals surface area contributed by atoms with Gasteiger partial charge in [0.05, 0.1) is 12.1 Å². The molecule has 0 bridgehead atoms. The number of aliphatic hydroxyl groups excluding tert-OH is 1. The molecular weight excluding hydrogens is 525 g/mol. The quantitative estimate of drug-likeness (QED) is 0.363. The number of aromatic nitrogens is 2. The first-order chi connectivity index (χ1) is 15.5. The Morgan fingerprint density at radius 1 is 1.24 bits per heavy atom. The number of aliphatic hydroxyl groups is 1. The number of hydrogen-bond acceptors (Lipinski definition) is 4. The maximum absolute atomic E-state index is 13.9. The lowest BCUT2D eigenvalue weighted by Crippen LogP contribution is -2.35. The van der Waals surface area contributed by atoms with Gasteiger partial charge in [0.15, 0.2) is 11.7 Å². The van der Waals surface area contributed by atoms with Crippen LogP contribution in [0.1, 0.15) is 53.1 Å². The monoisotopic (exact) mass is 542 g/mol. The molecule has 2 heterocycles. The number of alkyl halides is 3. The molecule has 3 aromatic rings. The van der Waals surface area contributed by atoms with Crippen LogP contribution in [-0.4, -0.2) is 27.0 Å². The van der Waals surface area contributed by atoms with Gasteiger partial charge in [-0.1, -0.05) is 51.8 Å². The standard InChI is InChI=1S/C22H19BrClF3N4O2/c1-11(32)12-4-8-15(9-5-12)28-21(33)19-18(24)20-29-16(13-2-6-14(23)7-3-13)10-17(22(25,26)27)31(20)30-19/h2-9,11,16-17,29,32H,10H2,1H3,(H,28,33)/t11-,16-,17+/m0/s1. The fourth-order valence-corrected chi connectivity index (χ4v) is 4.21. The molecule has 0 saturated heterocycles. The lowest BCUT2D eigenvalue weighted by atomic mass is 9.97. The number of amides is 1. The maximum atomic E-state index is 13.9. The van der Waals surface area contributed by atoms with E-state index in [-0.39, 0.29) is 23.0 Å². The Balaban J connectivity index is 1.65. The van der Waals surface area contributed by atoms with Crippen molar-refractivity contribution in [1.29, 1.82) is 0 Å². The predicted octanol–water partition coefficient (Wildman–Crippen LogP) is 6.26. The summed E-state index contributed by atoms with van der Waals surface area (Å²) in [6, 6.07) is 10.7. The van der Waals surface area contributed by atoms with E-state index < -0.39 is 30.3 Å². The van der Waals surface area contributed by atoms with Crippen LogP contribution >= 0.6 is 27.5 Å². The van der Waals surface area contributed by atoms with Gasteiger partial charge in [-0.25, -0.2) is 4.68 Å². The van der Waals surface area contributed by atoms with Gasteiger partial charge in [0.1, 0.15) is 10.8 Å². The number of rotatable bonds is 4. The smallest absolute Gasteiger partial charge is 0.389 e. The van der Waals surface area contributed by atoms with Crippen molar-refractivity contribution in [2.24, 2.45) is 0 Å². The number of benzene rings is 2. The van der Waals surface area contributed by atoms with Gasteiger partial charge in [0.25, 0.3) is 5.91 Å². The van der Waals surface area contributed by atoms with Crippen LogP contribution < -0.4 is 10.6 Å². The summed E-state index contributed by atoms with van der Waals surface area (Å²) in [6.45, 7) is 1.61. The Kier molecular flexibility index (Phi) is 6.43. The maximum Gasteiger partial charge on any atom is 0.410 e. The molecule has 0 unspecified atom stereocenters. The van der Waals surface area contributed by atoms with E-state index in [1.807, 2.05) is 0 Å². The van der Waals surface area contributed by atoms with Crippen LogP contribution in [0.25, 0.3) is 0 Å². The van der Waals surface area contributed by atoms with Gasteiger partial charge in [-0.2, -0.15) is 18.3 Å². The first-order valence-electron chi connectivity index (χ1n) is 10.0. The normalized spacial score (nSPS) is 18.9. The molecule has 0 saturated carbocycles. The zero-order valence-electron chi connectivity index (χ0n) is 17.2. The Morgan fingerprint density at radius 3 is 2.45 bits per heavy atom. The zero-order valence-corrected chi connectivity index (χ0v) is 19.5. The van der Waals surface area contributed by atoms with Crippen LogP contribution in [0, 0.1) is 0 Å². The number of anilines is 2. The first-order valence-corrected chi connectivity index (χ1v) is 11.2. The van der Waals surface area contributed by atoms with E-state index in [2.05, 4.69) is 31.7 Å². The van der Waals surface area contributed by atoms with Crippen molar-refractivity contribution >= 4 is 44.9 Å². The number of carbonyl (C=O) groups is 1. The van der Waals surface area contributed by atoms with Crippen molar-refractivity contribution in [2.75, 3.05) is 10.6 Å². The summed E-state index contributed by atoms with van der Waals surface area (Å²) in [5.41, 5.74) is 1.38. The number of hydrogen-bond donors (Lipinski definition) is 3. The molecule has 0 aliphatic carbocycles. The summed E-state index contributed by atoms with van der Waals surface area (Å²) >= 11 is 9.66. The molecule has 1 amide bonds. The fraction of sp³-hybridized carbons (Fsp3) is 0.273. The number of halogens is 5. The minimum atomic E-state index is -4.59. The van der Waals surface area contributed by atoms with E-state index in [9.17, 15) is 23.1 Å². The number of nitrogens with zero attached hydrogens (tertiary/aromatic N) is 2. The molecular formula is C22H19BrClF3N4O2. The lowest BCUT2D eigenvalue weighted by Gasteiger charge is -2.33. The third-order valence-corrected chi connectivity index (χ3v) is 6.32. The predicted molar refractivity (Wildman–Crippen MR) is 122 cm³/mol. The molecule has 3 atom stereocenters. The summed E-state index contributed by atoms with van der Waals surface area (Å²) in [5, 5.41) is 18.9. The second kappa shape index (κ2) is 9.00. The van der Waals surface area contributed by atoms with Crippen molar-refractivity contribution in [2.45, 2.75) is 37.7 Å². The SMILES string of the molecule is C[C@H](O)c1ccc(NC(=O)c2nn3c(c2Cl)N[C@H](c2ccc(Br)cc2)C[C@@H]3C(F)(F)F)cc1. The molecule has 0 radical (unpaired) electrons. The third kappa shape index (κ3) is 4.87. The van der Waals surface area contributed by atoms with Crippen molar-refractivity contribution in [3.63, 3.8) is 0 Å². The fourth-order valence-electron chi connectivity index (χ4n) is 3.68. The van der Waals surface area contributed by atoms with Gasteiger partial charge < -0.3 is 15.7 Å². The third-order valence-electron chi connectivity index (χ3n) is 5.43. The number of carbonyl (C=O) groups excluding carboxylic acids is 1. The van der Waals surface area contributed by atoms with Crippen molar-refractivity contribution in [3.8, 4) is 0 Å². The largest absolute Gasteiger partial charge is 0.410 e. The van der Waals surface area contributed by atoms with E-state index in [4.69, 9.17) is 11.6 Å². The van der Waals surface area contributed by atoms with Crippen molar-refractivity contribution in [3.05, 3.63) is 74.8 Å². The van der Waals surface area contributed by atoms with Gasteiger partial charge in [-0.15, -0.1) is 0 Å². The van der Waals surface area contributed by atoms with Gasteiger partial charge in [0, 0.05) is 16.6 Å². The van der Waals surface area contributed by atoms with Crippen LogP contribution in [0.4, 0.5) is 24.7 Å². The molecule has 0 spiro atoms. The number of nitrogens with one attached hydrogen (secondary N) is 2. The summed E-state index contributed by atoms with van der Waals surface area (Å²) in [6.07, 6.45) is -5.57. The Hall–Kier alpha value is -2.56. The minimum Gasteiger partial charge on any atom is -0.389 e. The molecule has 1 aliphatic rings. The second-order valence-corrected chi connectivity index (χ2v) is 9.04. The van der Waals surface area contributed by atoms with Gasteiger partial charge in [-0.05, 0) is 42.3 Å². The Morgan fingerprint density at radius 2 is 1.88 bits per heavy atom. The minimum absolute atomic E-state index is 0.0623. The Labute approximate surface area is 200 Å². The van der Waals surface area contributed by atoms with Gasteiger partial charge >= 0.3 is 6.18 Å².